The van der Waals surface area contributed by atoms with Gasteiger partial charge in [-0.1, -0.05) is 18.1 Å². The summed E-state index contributed by atoms with van der Waals surface area (Å²) in [7, 11) is 1.52. The fourth-order valence-electron chi connectivity index (χ4n) is 2.65. The lowest BCUT2D eigenvalue weighted by atomic mass is 10.1. The number of methoxy groups -OCH3 is 1. The monoisotopic (exact) mass is 364 g/mol. The quantitative estimate of drug-likeness (QED) is 0.601. The number of anilines is 1. The minimum absolute atomic E-state index is 0.129. The van der Waals surface area contributed by atoms with Crippen molar-refractivity contribution in [1.29, 1.82) is 0 Å². The van der Waals surface area contributed by atoms with Crippen molar-refractivity contribution in [3.8, 4) is 23.8 Å². The lowest BCUT2D eigenvalue weighted by Gasteiger charge is -2.12. The summed E-state index contributed by atoms with van der Waals surface area (Å²) in [5.41, 5.74) is 2.06. The molecule has 0 saturated heterocycles. The van der Waals surface area contributed by atoms with Gasteiger partial charge in [-0.15, -0.1) is 6.42 Å². The van der Waals surface area contributed by atoms with Gasteiger partial charge in [0.25, 0.3) is 5.91 Å². The molecule has 27 heavy (non-hydrogen) atoms. The fourth-order valence-corrected chi connectivity index (χ4v) is 2.65. The highest BCUT2D eigenvalue weighted by Gasteiger charge is 2.28. The SMILES string of the molecule is C#CCOc1ccc(C=C2C(=O)N(c3cccc(F)c3)N=C2C)cc1OC. The first-order valence-electron chi connectivity index (χ1n) is 8.15. The number of amides is 1. The molecule has 0 aliphatic carbocycles. The number of hydrogen-bond donors (Lipinski definition) is 0. The van der Waals surface area contributed by atoms with E-state index in [4.69, 9.17) is 15.9 Å². The van der Waals surface area contributed by atoms with Gasteiger partial charge < -0.3 is 9.47 Å². The Kier molecular flexibility index (Phi) is 5.23. The van der Waals surface area contributed by atoms with Crippen LogP contribution in [0.1, 0.15) is 12.5 Å². The highest BCUT2D eigenvalue weighted by atomic mass is 19.1. The van der Waals surface area contributed by atoms with E-state index < -0.39 is 5.82 Å². The zero-order chi connectivity index (χ0) is 19.4. The van der Waals surface area contributed by atoms with Gasteiger partial charge in [0.15, 0.2) is 11.5 Å². The molecular formula is C21H17FN2O3. The van der Waals surface area contributed by atoms with Gasteiger partial charge in [-0.2, -0.15) is 10.1 Å². The maximum absolute atomic E-state index is 13.5. The molecule has 3 rings (SSSR count). The van der Waals surface area contributed by atoms with Crippen LogP contribution in [-0.2, 0) is 4.79 Å². The van der Waals surface area contributed by atoms with Crippen molar-refractivity contribution in [2.24, 2.45) is 5.10 Å². The summed E-state index contributed by atoms with van der Waals surface area (Å²) in [4.78, 5) is 12.7. The third kappa shape index (κ3) is 3.82. The van der Waals surface area contributed by atoms with E-state index in [1.165, 1.54) is 30.3 Å². The standard InChI is InChI=1S/C21H17FN2O3/c1-4-10-27-19-9-8-15(12-20(19)26-3)11-18-14(2)23-24(21(18)25)17-7-5-6-16(22)13-17/h1,5-9,11-13H,10H2,2-3H3. The summed E-state index contributed by atoms with van der Waals surface area (Å²) in [5.74, 6) is 2.65. The molecule has 0 radical (unpaired) electrons. The Hall–Kier alpha value is -3.59. The Morgan fingerprint density at radius 2 is 2.07 bits per heavy atom. The predicted molar refractivity (Wildman–Crippen MR) is 102 cm³/mol. The van der Waals surface area contributed by atoms with Gasteiger partial charge >= 0.3 is 0 Å². The van der Waals surface area contributed by atoms with E-state index in [2.05, 4.69) is 11.0 Å². The van der Waals surface area contributed by atoms with Gasteiger partial charge in [-0.25, -0.2) is 4.39 Å². The number of nitrogens with zero attached hydrogens (tertiary/aromatic N) is 2. The normalized spacial score (nSPS) is 14.9. The van der Waals surface area contributed by atoms with Crippen LogP contribution in [0.4, 0.5) is 10.1 Å². The Morgan fingerprint density at radius 3 is 2.78 bits per heavy atom. The topological polar surface area (TPSA) is 51.1 Å². The minimum Gasteiger partial charge on any atom is -0.493 e. The number of hydrogen-bond acceptors (Lipinski definition) is 4. The molecule has 0 saturated carbocycles. The third-order valence-electron chi connectivity index (χ3n) is 3.93. The maximum atomic E-state index is 13.5. The highest BCUT2D eigenvalue weighted by Crippen LogP contribution is 2.30. The largest absolute Gasteiger partial charge is 0.493 e. The number of hydrazone groups is 1. The highest BCUT2D eigenvalue weighted by molar-refractivity contribution is 6.32. The Bertz CT molecular complexity index is 989. The lowest BCUT2D eigenvalue weighted by Crippen LogP contribution is -2.21. The number of halogens is 1. The van der Waals surface area contributed by atoms with E-state index in [0.29, 0.717) is 28.5 Å². The predicted octanol–water partition coefficient (Wildman–Crippen LogP) is 3.65. The molecule has 0 fully saturated rings. The number of carbonyl (C=O) groups is 1. The minimum atomic E-state index is -0.433. The van der Waals surface area contributed by atoms with Crippen molar-refractivity contribution in [2.45, 2.75) is 6.92 Å². The van der Waals surface area contributed by atoms with Crippen LogP contribution in [0.5, 0.6) is 11.5 Å². The molecule has 0 unspecified atom stereocenters. The van der Waals surface area contributed by atoms with E-state index in [1.807, 2.05) is 0 Å². The molecular weight excluding hydrogens is 347 g/mol. The maximum Gasteiger partial charge on any atom is 0.280 e. The molecule has 5 nitrogen and oxygen atoms in total. The molecule has 6 heteroatoms. The van der Waals surface area contributed by atoms with E-state index in [9.17, 15) is 9.18 Å². The summed E-state index contributed by atoms with van der Waals surface area (Å²) in [6, 6.07) is 11.0. The average Bonchev–Trinajstić information content (AvgIpc) is 2.95. The van der Waals surface area contributed by atoms with E-state index in [-0.39, 0.29) is 12.5 Å². The second-order valence-electron chi connectivity index (χ2n) is 5.74. The first-order valence-corrected chi connectivity index (χ1v) is 8.15. The molecule has 2 aromatic rings. The van der Waals surface area contributed by atoms with Crippen molar-refractivity contribution in [1.82, 2.24) is 0 Å². The van der Waals surface area contributed by atoms with Gasteiger partial charge in [0.05, 0.1) is 24.1 Å². The second kappa shape index (κ2) is 7.75. The van der Waals surface area contributed by atoms with E-state index in [0.717, 1.165) is 5.56 Å². The first kappa shape index (κ1) is 18.2. The molecule has 1 aliphatic rings. The molecule has 1 heterocycles. The average molecular weight is 364 g/mol. The van der Waals surface area contributed by atoms with Crippen LogP contribution in [0.15, 0.2) is 53.1 Å². The zero-order valence-electron chi connectivity index (χ0n) is 14.9. The zero-order valence-corrected chi connectivity index (χ0v) is 14.9. The van der Waals surface area contributed by atoms with Crippen LogP contribution >= 0.6 is 0 Å². The molecule has 1 aliphatic heterocycles. The van der Waals surface area contributed by atoms with Gasteiger partial charge in [-0.3, -0.25) is 4.79 Å². The summed E-state index contributed by atoms with van der Waals surface area (Å²) >= 11 is 0. The molecule has 2 aromatic carbocycles. The van der Waals surface area contributed by atoms with Crippen molar-refractivity contribution in [3.63, 3.8) is 0 Å². The molecule has 1 amide bonds. The second-order valence-corrected chi connectivity index (χ2v) is 5.74. The smallest absolute Gasteiger partial charge is 0.280 e. The van der Waals surface area contributed by atoms with Gasteiger partial charge in [0.1, 0.15) is 12.4 Å². The van der Waals surface area contributed by atoms with Crippen LogP contribution in [0.3, 0.4) is 0 Å². The van der Waals surface area contributed by atoms with Crippen LogP contribution in [-0.4, -0.2) is 25.3 Å². The molecule has 0 bridgehead atoms. The molecule has 0 N–H and O–H groups in total. The number of carbonyl (C=O) groups excluding carboxylic acids is 1. The Labute approximate surface area is 156 Å². The van der Waals surface area contributed by atoms with Gasteiger partial charge in [-0.05, 0) is 48.9 Å². The van der Waals surface area contributed by atoms with E-state index in [1.54, 1.807) is 37.3 Å². The Morgan fingerprint density at radius 1 is 1.26 bits per heavy atom. The first-order chi connectivity index (χ1) is 13.0. The van der Waals surface area contributed by atoms with Crippen molar-refractivity contribution < 1.29 is 18.7 Å². The van der Waals surface area contributed by atoms with Crippen LogP contribution < -0.4 is 14.5 Å². The van der Waals surface area contributed by atoms with Gasteiger partial charge in [0.2, 0.25) is 0 Å². The summed E-state index contributed by atoms with van der Waals surface area (Å²) in [6.07, 6.45) is 6.91. The van der Waals surface area contributed by atoms with Crippen molar-refractivity contribution in [2.75, 3.05) is 18.7 Å². The third-order valence-corrected chi connectivity index (χ3v) is 3.93. The molecule has 0 atom stereocenters. The molecule has 136 valence electrons. The number of terminal acetylenes is 1. The van der Waals surface area contributed by atoms with Crippen LogP contribution in [0.2, 0.25) is 0 Å². The van der Waals surface area contributed by atoms with Gasteiger partial charge in [0, 0.05) is 0 Å². The van der Waals surface area contributed by atoms with Crippen molar-refractivity contribution >= 4 is 23.4 Å². The number of ether oxygens (including phenoxy) is 2. The summed E-state index contributed by atoms with van der Waals surface area (Å²) in [5, 5.41) is 5.43. The van der Waals surface area contributed by atoms with Crippen LogP contribution in [0.25, 0.3) is 6.08 Å². The summed E-state index contributed by atoms with van der Waals surface area (Å²) < 4.78 is 24.2. The fraction of sp³-hybridized carbons (Fsp3) is 0.143. The molecule has 0 aromatic heterocycles. The van der Waals surface area contributed by atoms with E-state index >= 15 is 0 Å². The number of benzene rings is 2. The lowest BCUT2D eigenvalue weighted by molar-refractivity contribution is -0.114. The van der Waals surface area contributed by atoms with Crippen LogP contribution in [0, 0.1) is 18.2 Å². The summed E-state index contributed by atoms with van der Waals surface area (Å²) in [6.45, 7) is 1.86. The number of rotatable bonds is 5. The molecule has 0 spiro atoms. The Balaban J connectivity index is 1.90. The van der Waals surface area contributed by atoms with Crippen molar-refractivity contribution in [3.05, 3.63) is 59.4 Å².